The molecule has 0 spiro atoms. The fourth-order valence-corrected chi connectivity index (χ4v) is 3.15. The van der Waals surface area contributed by atoms with Crippen LogP contribution in [0.4, 0.5) is 0 Å². The maximum Gasteiger partial charge on any atom is 0.303 e. The molecule has 0 unspecified atom stereocenters. The van der Waals surface area contributed by atoms with Crippen molar-refractivity contribution in [1.29, 1.82) is 0 Å². The lowest BCUT2D eigenvalue weighted by atomic mass is 9.93. The summed E-state index contributed by atoms with van der Waals surface area (Å²) >= 11 is 6.26. The Bertz CT molecular complexity index is 465. The van der Waals surface area contributed by atoms with E-state index in [1.165, 1.54) is 12.8 Å². The predicted octanol–water partition coefficient (Wildman–Crippen LogP) is 4.02. The third-order valence-electron chi connectivity index (χ3n) is 3.76. The summed E-state index contributed by atoms with van der Waals surface area (Å²) in [6, 6.07) is 3.89. The van der Waals surface area contributed by atoms with Gasteiger partial charge in [-0.25, -0.2) is 0 Å². The van der Waals surface area contributed by atoms with Crippen LogP contribution in [-0.4, -0.2) is 18.2 Å². The Kier molecular flexibility index (Phi) is 4.70. The third-order valence-corrected chi connectivity index (χ3v) is 4.04. The second-order valence-electron chi connectivity index (χ2n) is 5.08. The molecule has 1 saturated carbocycles. The number of aryl methyl sites for hydroxylation is 1. The standard InChI is InChI=1S/C15H19ClO3/c1-19-15-12(11-4-2-3-5-11)8-10(9-13(15)16)6-7-14(17)18/h8-9,11H,2-7H2,1H3,(H,17,18). The van der Waals surface area contributed by atoms with Crippen LogP contribution in [-0.2, 0) is 11.2 Å². The molecular weight excluding hydrogens is 264 g/mol. The Balaban J connectivity index is 2.29. The molecule has 1 aromatic rings. The molecular formula is C15H19ClO3. The molecule has 2 rings (SSSR count). The van der Waals surface area contributed by atoms with Crippen molar-refractivity contribution >= 4 is 17.6 Å². The third kappa shape index (κ3) is 3.41. The van der Waals surface area contributed by atoms with Crippen LogP contribution in [0.25, 0.3) is 0 Å². The molecule has 0 aromatic heterocycles. The second kappa shape index (κ2) is 6.29. The predicted molar refractivity (Wildman–Crippen MR) is 75.2 cm³/mol. The zero-order valence-electron chi connectivity index (χ0n) is 11.1. The van der Waals surface area contributed by atoms with Gasteiger partial charge in [0.1, 0.15) is 5.75 Å². The van der Waals surface area contributed by atoms with E-state index >= 15 is 0 Å². The maximum absolute atomic E-state index is 10.7. The van der Waals surface area contributed by atoms with E-state index in [1.807, 2.05) is 6.07 Å². The van der Waals surface area contributed by atoms with E-state index in [0.29, 0.717) is 17.4 Å². The number of ether oxygens (including phenoxy) is 1. The van der Waals surface area contributed by atoms with Gasteiger partial charge in [-0.15, -0.1) is 0 Å². The first kappa shape index (κ1) is 14.2. The smallest absolute Gasteiger partial charge is 0.303 e. The summed E-state index contributed by atoms with van der Waals surface area (Å²) < 4.78 is 5.42. The number of hydrogen-bond donors (Lipinski definition) is 1. The SMILES string of the molecule is COc1c(Cl)cc(CCC(=O)O)cc1C1CCCC1. The van der Waals surface area contributed by atoms with Crippen LogP contribution in [0.5, 0.6) is 5.75 Å². The molecule has 0 amide bonds. The van der Waals surface area contributed by atoms with E-state index in [9.17, 15) is 4.79 Å². The highest BCUT2D eigenvalue weighted by Gasteiger charge is 2.22. The summed E-state index contributed by atoms with van der Waals surface area (Å²) in [5.41, 5.74) is 2.13. The van der Waals surface area contributed by atoms with Gasteiger partial charge in [0, 0.05) is 6.42 Å². The quantitative estimate of drug-likeness (QED) is 0.887. The minimum atomic E-state index is -0.783. The Hall–Kier alpha value is -1.22. The van der Waals surface area contributed by atoms with E-state index < -0.39 is 5.97 Å². The molecule has 1 aromatic carbocycles. The molecule has 0 saturated heterocycles. The molecule has 1 aliphatic rings. The zero-order chi connectivity index (χ0) is 13.8. The van der Waals surface area contributed by atoms with Gasteiger partial charge in [0.2, 0.25) is 0 Å². The van der Waals surface area contributed by atoms with Gasteiger partial charge in [-0.1, -0.05) is 30.5 Å². The van der Waals surface area contributed by atoms with Gasteiger partial charge in [0.05, 0.1) is 12.1 Å². The molecule has 19 heavy (non-hydrogen) atoms. The number of benzene rings is 1. The number of rotatable bonds is 5. The average molecular weight is 283 g/mol. The lowest BCUT2D eigenvalue weighted by Gasteiger charge is -2.17. The number of halogens is 1. The van der Waals surface area contributed by atoms with Crippen LogP contribution in [0, 0.1) is 0 Å². The van der Waals surface area contributed by atoms with Gasteiger partial charge in [0.25, 0.3) is 0 Å². The van der Waals surface area contributed by atoms with Crippen molar-refractivity contribution in [2.75, 3.05) is 7.11 Å². The fourth-order valence-electron chi connectivity index (χ4n) is 2.82. The van der Waals surface area contributed by atoms with Gasteiger partial charge in [-0.2, -0.15) is 0 Å². The molecule has 1 N–H and O–H groups in total. The molecule has 0 heterocycles. The first-order chi connectivity index (χ1) is 9.11. The van der Waals surface area contributed by atoms with Crippen molar-refractivity contribution in [2.45, 2.75) is 44.4 Å². The molecule has 0 aliphatic heterocycles. The Labute approximate surface area is 118 Å². The monoisotopic (exact) mass is 282 g/mol. The van der Waals surface area contributed by atoms with Gasteiger partial charge >= 0.3 is 5.97 Å². The van der Waals surface area contributed by atoms with Crippen molar-refractivity contribution in [3.05, 3.63) is 28.3 Å². The number of hydrogen-bond acceptors (Lipinski definition) is 2. The summed E-state index contributed by atoms with van der Waals surface area (Å²) in [5, 5.41) is 9.36. The highest BCUT2D eigenvalue weighted by atomic mass is 35.5. The highest BCUT2D eigenvalue weighted by Crippen LogP contribution is 2.42. The molecule has 0 atom stereocenters. The lowest BCUT2D eigenvalue weighted by molar-refractivity contribution is -0.136. The zero-order valence-corrected chi connectivity index (χ0v) is 11.9. The number of carboxylic acids is 1. The van der Waals surface area contributed by atoms with E-state index in [1.54, 1.807) is 7.11 Å². The van der Waals surface area contributed by atoms with Crippen molar-refractivity contribution in [3.63, 3.8) is 0 Å². The number of carboxylic acid groups (broad SMARTS) is 1. The maximum atomic E-state index is 10.7. The van der Waals surface area contributed by atoms with Crippen molar-refractivity contribution in [3.8, 4) is 5.75 Å². The number of aliphatic carboxylic acids is 1. The van der Waals surface area contributed by atoms with Gasteiger partial charge < -0.3 is 9.84 Å². The minimum absolute atomic E-state index is 0.132. The summed E-state index contributed by atoms with van der Waals surface area (Å²) in [5.74, 6) is 0.472. The normalized spacial score (nSPS) is 15.7. The van der Waals surface area contributed by atoms with Crippen LogP contribution in [0.15, 0.2) is 12.1 Å². The van der Waals surface area contributed by atoms with E-state index in [-0.39, 0.29) is 6.42 Å². The Morgan fingerprint density at radius 1 is 1.42 bits per heavy atom. The van der Waals surface area contributed by atoms with Crippen LogP contribution < -0.4 is 4.74 Å². The van der Waals surface area contributed by atoms with Crippen LogP contribution in [0.3, 0.4) is 0 Å². The minimum Gasteiger partial charge on any atom is -0.495 e. The first-order valence-electron chi connectivity index (χ1n) is 6.70. The molecule has 4 heteroatoms. The van der Waals surface area contributed by atoms with E-state index in [4.69, 9.17) is 21.4 Å². The molecule has 1 fully saturated rings. The van der Waals surface area contributed by atoms with Crippen molar-refractivity contribution in [1.82, 2.24) is 0 Å². The van der Waals surface area contributed by atoms with Crippen molar-refractivity contribution in [2.24, 2.45) is 0 Å². The van der Waals surface area contributed by atoms with Crippen LogP contribution in [0.1, 0.15) is 49.1 Å². The molecule has 104 valence electrons. The summed E-state index contributed by atoms with van der Waals surface area (Å²) in [7, 11) is 1.64. The Morgan fingerprint density at radius 3 is 2.68 bits per heavy atom. The second-order valence-corrected chi connectivity index (χ2v) is 5.48. The van der Waals surface area contributed by atoms with E-state index in [2.05, 4.69) is 6.07 Å². The van der Waals surface area contributed by atoms with E-state index in [0.717, 1.165) is 29.7 Å². The first-order valence-corrected chi connectivity index (χ1v) is 7.07. The summed E-state index contributed by atoms with van der Waals surface area (Å²) in [6.07, 6.45) is 5.45. The number of carbonyl (C=O) groups is 1. The molecule has 1 aliphatic carbocycles. The highest BCUT2D eigenvalue weighted by molar-refractivity contribution is 6.32. The van der Waals surface area contributed by atoms with Gasteiger partial charge in [0.15, 0.2) is 0 Å². The molecule has 0 bridgehead atoms. The largest absolute Gasteiger partial charge is 0.495 e. The lowest BCUT2D eigenvalue weighted by Crippen LogP contribution is -2.02. The average Bonchev–Trinajstić information content (AvgIpc) is 2.89. The molecule has 0 radical (unpaired) electrons. The van der Waals surface area contributed by atoms with Gasteiger partial charge in [-0.05, 0) is 42.4 Å². The van der Waals surface area contributed by atoms with Crippen molar-refractivity contribution < 1.29 is 14.6 Å². The van der Waals surface area contributed by atoms with Gasteiger partial charge in [-0.3, -0.25) is 4.79 Å². The Morgan fingerprint density at radius 2 is 2.11 bits per heavy atom. The fraction of sp³-hybridized carbons (Fsp3) is 0.533. The summed E-state index contributed by atoms with van der Waals surface area (Å²) in [4.78, 5) is 10.7. The summed E-state index contributed by atoms with van der Waals surface area (Å²) in [6.45, 7) is 0. The van der Waals surface area contributed by atoms with Crippen LogP contribution in [0.2, 0.25) is 5.02 Å². The molecule has 3 nitrogen and oxygen atoms in total. The topological polar surface area (TPSA) is 46.5 Å². The number of methoxy groups -OCH3 is 1. The van der Waals surface area contributed by atoms with Crippen LogP contribution >= 0.6 is 11.6 Å².